The van der Waals surface area contributed by atoms with Crippen molar-refractivity contribution in [2.45, 2.75) is 31.3 Å². The number of benzene rings is 3. The lowest BCUT2D eigenvalue weighted by Gasteiger charge is -2.15. The van der Waals surface area contributed by atoms with E-state index in [0.717, 1.165) is 46.2 Å². The fourth-order valence-corrected chi connectivity index (χ4v) is 4.63. The summed E-state index contributed by atoms with van der Waals surface area (Å²) in [4.78, 5) is 24.8. The van der Waals surface area contributed by atoms with Gasteiger partial charge in [-0.25, -0.2) is 4.79 Å². The predicted octanol–water partition coefficient (Wildman–Crippen LogP) is 6.27. The van der Waals surface area contributed by atoms with Crippen LogP contribution in [0.25, 0.3) is 22.3 Å². The first-order chi connectivity index (χ1) is 17.9. The second kappa shape index (κ2) is 9.93. The zero-order chi connectivity index (χ0) is 26.0. The van der Waals surface area contributed by atoms with Crippen LogP contribution >= 0.6 is 0 Å². The summed E-state index contributed by atoms with van der Waals surface area (Å²) >= 11 is 0. The number of nitrogens with one attached hydrogen (secondary N) is 1. The van der Waals surface area contributed by atoms with Crippen LogP contribution in [0, 0.1) is 0 Å². The summed E-state index contributed by atoms with van der Waals surface area (Å²) in [6.07, 6.45) is 2.45. The normalized spacial score (nSPS) is 14.5. The Morgan fingerprint density at radius 1 is 0.919 bits per heavy atom. The van der Waals surface area contributed by atoms with E-state index in [1.54, 1.807) is 17.9 Å². The molecule has 1 aliphatic rings. The molecule has 1 fully saturated rings. The van der Waals surface area contributed by atoms with Crippen molar-refractivity contribution < 1.29 is 19.1 Å². The Hall–Kier alpha value is -4.39. The van der Waals surface area contributed by atoms with E-state index in [2.05, 4.69) is 10.4 Å². The number of nitrogens with zero attached hydrogens (tertiary/aromatic N) is 2. The lowest BCUT2D eigenvalue weighted by molar-refractivity contribution is -0.143. The molecule has 1 amide bonds. The minimum Gasteiger partial charge on any atom is -0.468 e. The number of esters is 1. The number of hydrogen-bond acceptors (Lipinski definition) is 5. The van der Waals surface area contributed by atoms with Gasteiger partial charge in [0.1, 0.15) is 11.9 Å². The van der Waals surface area contributed by atoms with Crippen molar-refractivity contribution in [2.24, 2.45) is 7.05 Å². The monoisotopic (exact) mass is 495 g/mol. The van der Waals surface area contributed by atoms with E-state index >= 15 is 0 Å². The van der Waals surface area contributed by atoms with Gasteiger partial charge in [0.2, 0.25) is 0 Å². The first kappa shape index (κ1) is 24.3. The van der Waals surface area contributed by atoms with Crippen molar-refractivity contribution in [3.63, 3.8) is 0 Å². The lowest BCUT2D eigenvalue weighted by Crippen LogP contribution is -2.21. The number of aryl methyl sites for hydroxylation is 1. The Balaban J connectivity index is 1.30. The fraction of sp³-hybridized carbons (Fsp3) is 0.233. The van der Waals surface area contributed by atoms with Crippen LogP contribution in [-0.4, -0.2) is 29.0 Å². The third kappa shape index (κ3) is 4.85. The van der Waals surface area contributed by atoms with E-state index < -0.39 is 11.5 Å². The SMILES string of the molecule is COC(=O)C1(c2ccc(-c3ccc(-c4cnn(C)c4NC(=O)O[C@H](C)c4ccccc4)cc3)cc2)CC1. The van der Waals surface area contributed by atoms with E-state index in [9.17, 15) is 9.59 Å². The zero-order valence-electron chi connectivity index (χ0n) is 21.1. The van der Waals surface area contributed by atoms with E-state index in [0.29, 0.717) is 5.82 Å². The van der Waals surface area contributed by atoms with Gasteiger partial charge >= 0.3 is 12.1 Å². The number of aromatic nitrogens is 2. The second-order valence-electron chi connectivity index (χ2n) is 9.34. The van der Waals surface area contributed by atoms with Gasteiger partial charge in [0.25, 0.3) is 0 Å². The van der Waals surface area contributed by atoms with Crippen LogP contribution in [0.4, 0.5) is 10.6 Å². The number of methoxy groups -OCH3 is 1. The van der Waals surface area contributed by atoms with E-state index in [1.807, 2.05) is 85.8 Å². The van der Waals surface area contributed by atoms with Gasteiger partial charge in [0, 0.05) is 12.6 Å². The summed E-state index contributed by atoms with van der Waals surface area (Å²) in [5, 5.41) is 7.18. The Bertz CT molecular complexity index is 1410. The molecule has 1 atom stereocenters. The molecule has 37 heavy (non-hydrogen) atoms. The molecular formula is C30H29N3O4. The minimum absolute atomic E-state index is 0.163. The molecule has 1 heterocycles. The van der Waals surface area contributed by atoms with Gasteiger partial charge < -0.3 is 9.47 Å². The van der Waals surface area contributed by atoms with Crippen LogP contribution in [0.1, 0.15) is 37.0 Å². The highest BCUT2D eigenvalue weighted by atomic mass is 16.6. The van der Waals surface area contributed by atoms with Crippen LogP contribution in [0.2, 0.25) is 0 Å². The number of carbonyl (C=O) groups excluding carboxylic acids is 2. The molecule has 7 nitrogen and oxygen atoms in total. The third-order valence-corrected chi connectivity index (χ3v) is 7.00. The predicted molar refractivity (Wildman–Crippen MR) is 142 cm³/mol. The van der Waals surface area contributed by atoms with Gasteiger partial charge in [0.15, 0.2) is 0 Å². The van der Waals surface area contributed by atoms with Gasteiger partial charge in [-0.3, -0.25) is 14.8 Å². The quantitative estimate of drug-likeness (QED) is 0.306. The van der Waals surface area contributed by atoms with Gasteiger partial charge in [-0.15, -0.1) is 0 Å². The molecule has 5 rings (SSSR count). The standard InChI is InChI=1S/C30H29N3O4/c1-20(21-7-5-4-6-8-21)37-29(35)32-27-26(19-31-33(27)2)24-11-9-22(10-12-24)23-13-15-25(16-14-23)30(17-18-30)28(34)36-3/h4-16,19-20H,17-18H2,1-3H3,(H,32,35)/t20-/m1/s1. The topological polar surface area (TPSA) is 82.5 Å². The number of anilines is 1. The highest BCUT2D eigenvalue weighted by Crippen LogP contribution is 2.49. The second-order valence-corrected chi connectivity index (χ2v) is 9.34. The summed E-state index contributed by atoms with van der Waals surface area (Å²) in [6, 6.07) is 25.8. The Labute approximate surface area is 216 Å². The van der Waals surface area contributed by atoms with Crippen LogP contribution in [0.5, 0.6) is 0 Å². The molecule has 0 spiro atoms. The Kier molecular flexibility index (Phi) is 6.53. The van der Waals surface area contributed by atoms with Crippen molar-refractivity contribution in [3.8, 4) is 22.3 Å². The molecule has 1 aliphatic carbocycles. The molecule has 7 heteroatoms. The largest absolute Gasteiger partial charge is 0.468 e. The summed E-state index contributed by atoms with van der Waals surface area (Å²) in [5.41, 5.74) is 5.26. The minimum atomic E-state index is -0.543. The molecule has 1 N–H and O–H groups in total. The van der Waals surface area contributed by atoms with Crippen molar-refractivity contribution in [2.75, 3.05) is 12.4 Å². The molecule has 0 radical (unpaired) electrons. The average molecular weight is 496 g/mol. The van der Waals surface area contributed by atoms with Crippen molar-refractivity contribution >= 4 is 17.9 Å². The maximum Gasteiger partial charge on any atom is 0.413 e. The number of ether oxygens (including phenoxy) is 2. The molecule has 0 unspecified atom stereocenters. The zero-order valence-corrected chi connectivity index (χ0v) is 21.1. The molecule has 0 saturated heterocycles. The fourth-order valence-electron chi connectivity index (χ4n) is 4.63. The third-order valence-electron chi connectivity index (χ3n) is 7.00. The molecular weight excluding hydrogens is 466 g/mol. The number of rotatable bonds is 7. The number of carbonyl (C=O) groups is 2. The first-order valence-electron chi connectivity index (χ1n) is 12.3. The smallest absolute Gasteiger partial charge is 0.413 e. The number of hydrogen-bond donors (Lipinski definition) is 1. The maximum atomic E-state index is 12.6. The van der Waals surface area contributed by atoms with E-state index in [4.69, 9.17) is 9.47 Å². The summed E-state index contributed by atoms with van der Waals surface area (Å²) in [5.74, 6) is 0.392. The molecule has 1 aromatic heterocycles. The maximum absolute atomic E-state index is 12.6. The van der Waals surface area contributed by atoms with Gasteiger partial charge in [-0.2, -0.15) is 5.10 Å². The average Bonchev–Trinajstić information content (AvgIpc) is 3.67. The number of amides is 1. The Morgan fingerprint density at radius 2 is 1.51 bits per heavy atom. The van der Waals surface area contributed by atoms with Crippen LogP contribution in [0.3, 0.4) is 0 Å². The van der Waals surface area contributed by atoms with Gasteiger partial charge in [0.05, 0.1) is 18.7 Å². The van der Waals surface area contributed by atoms with E-state index in [1.165, 1.54) is 7.11 Å². The van der Waals surface area contributed by atoms with Crippen molar-refractivity contribution in [3.05, 3.63) is 96.2 Å². The molecule has 4 aromatic rings. The first-order valence-corrected chi connectivity index (χ1v) is 12.3. The van der Waals surface area contributed by atoms with Crippen molar-refractivity contribution in [1.29, 1.82) is 0 Å². The highest BCUT2D eigenvalue weighted by Gasteiger charge is 2.52. The van der Waals surface area contributed by atoms with Crippen LogP contribution in [0.15, 0.2) is 85.1 Å². The highest BCUT2D eigenvalue weighted by molar-refractivity contribution is 5.90. The molecule has 0 aliphatic heterocycles. The van der Waals surface area contributed by atoms with Crippen LogP contribution < -0.4 is 5.32 Å². The molecule has 3 aromatic carbocycles. The summed E-state index contributed by atoms with van der Waals surface area (Å²) in [6.45, 7) is 1.84. The van der Waals surface area contributed by atoms with E-state index in [-0.39, 0.29) is 12.1 Å². The molecule has 0 bridgehead atoms. The Morgan fingerprint density at radius 3 is 2.11 bits per heavy atom. The molecule has 188 valence electrons. The lowest BCUT2D eigenvalue weighted by atomic mass is 9.93. The van der Waals surface area contributed by atoms with Gasteiger partial charge in [-0.1, -0.05) is 78.9 Å². The van der Waals surface area contributed by atoms with Crippen LogP contribution in [-0.2, 0) is 26.7 Å². The molecule has 1 saturated carbocycles. The summed E-state index contributed by atoms with van der Waals surface area (Å²) in [7, 11) is 3.21. The van der Waals surface area contributed by atoms with Gasteiger partial charge in [-0.05, 0) is 47.6 Å². The summed E-state index contributed by atoms with van der Waals surface area (Å²) < 4.78 is 12.2. The van der Waals surface area contributed by atoms with Crippen molar-refractivity contribution in [1.82, 2.24) is 9.78 Å².